The molecule has 0 unspecified atom stereocenters. The molecule has 2 rings (SSSR count). The number of para-hydroxylation sites is 1. The maximum absolute atomic E-state index is 13.8. The number of amides is 3. The molecule has 7 nitrogen and oxygen atoms in total. The fraction of sp³-hybridized carbons (Fsp3) is 0.318. The van der Waals surface area contributed by atoms with Crippen LogP contribution in [0, 0.1) is 31.4 Å². The van der Waals surface area contributed by atoms with Gasteiger partial charge in [-0.15, -0.1) is 0 Å². The minimum atomic E-state index is -1.15. The lowest BCUT2D eigenvalue weighted by Crippen LogP contribution is -2.55. The molecular formula is C22H25F2N3O4. The lowest BCUT2D eigenvalue weighted by Gasteiger charge is -2.22. The van der Waals surface area contributed by atoms with Crippen LogP contribution in [0.1, 0.15) is 35.3 Å². The number of hydrogen-bond acceptors (Lipinski definition) is 4. The van der Waals surface area contributed by atoms with Crippen LogP contribution in [0.4, 0.5) is 8.78 Å². The van der Waals surface area contributed by atoms with Gasteiger partial charge in [0.15, 0.2) is 6.61 Å². The first-order valence-electron chi connectivity index (χ1n) is 9.64. The maximum Gasteiger partial charge on any atom is 0.276 e. The number of rotatable bonds is 7. The molecule has 31 heavy (non-hydrogen) atoms. The van der Waals surface area contributed by atoms with Crippen molar-refractivity contribution in [3.8, 4) is 5.75 Å². The zero-order valence-corrected chi connectivity index (χ0v) is 17.7. The number of nitrogens with one attached hydrogen (secondary N) is 3. The van der Waals surface area contributed by atoms with Crippen molar-refractivity contribution in [2.45, 2.75) is 33.7 Å². The van der Waals surface area contributed by atoms with E-state index in [0.717, 1.165) is 29.3 Å². The van der Waals surface area contributed by atoms with Crippen LogP contribution in [-0.4, -0.2) is 30.4 Å². The Morgan fingerprint density at radius 2 is 1.48 bits per heavy atom. The molecule has 0 aromatic heterocycles. The van der Waals surface area contributed by atoms with Gasteiger partial charge in [0, 0.05) is 0 Å². The van der Waals surface area contributed by atoms with Crippen LogP contribution < -0.4 is 20.9 Å². The summed E-state index contributed by atoms with van der Waals surface area (Å²) in [6, 6.07) is 7.42. The van der Waals surface area contributed by atoms with Crippen molar-refractivity contribution in [2.75, 3.05) is 6.61 Å². The molecule has 0 saturated carbocycles. The fourth-order valence-electron chi connectivity index (χ4n) is 2.87. The van der Waals surface area contributed by atoms with Crippen molar-refractivity contribution in [1.82, 2.24) is 16.2 Å². The predicted octanol–water partition coefficient (Wildman–Crippen LogP) is 2.56. The molecule has 0 aliphatic carbocycles. The Morgan fingerprint density at radius 3 is 2.03 bits per heavy atom. The van der Waals surface area contributed by atoms with Gasteiger partial charge in [-0.1, -0.05) is 38.1 Å². The van der Waals surface area contributed by atoms with Crippen molar-refractivity contribution in [3.63, 3.8) is 0 Å². The zero-order chi connectivity index (χ0) is 23.1. The van der Waals surface area contributed by atoms with E-state index < -0.39 is 46.9 Å². The van der Waals surface area contributed by atoms with Crippen molar-refractivity contribution in [2.24, 2.45) is 5.92 Å². The molecule has 166 valence electrons. The average Bonchev–Trinajstić information content (AvgIpc) is 2.69. The number of halogens is 2. The van der Waals surface area contributed by atoms with Crippen LogP contribution in [0.3, 0.4) is 0 Å². The molecule has 1 atom stereocenters. The van der Waals surface area contributed by atoms with Gasteiger partial charge < -0.3 is 10.1 Å². The van der Waals surface area contributed by atoms with Crippen LogP contribution in [0.5, 0.6) is 5.75 Å². The molecule has 2 aromatic rings. The smallest absolute Gasteiger partial charge is 0.276 e. The normalized spacial score (nSPS) is 11.6. The van der Waals surface area contributed by atoms with Crippen LogP contribution in [0.15, 0.2) is 36.4 Å². The number of aryl methyl sites for hydroxylation is 2. The van der Waals surface area contributed by atoms with E-state index in [1.807, 2.05) is 32.0 Å². The van der Waals surface area contributed by atoms with Gasteiger partial charge in [-0.05, 0) is 43.0 Å². The van der Waals surface area contributed by atoms with E-state index in [4.69, 9.17) is 4.74 Å². The minimum absolute atomic E-state index is 0.342. The first-order valence-corrected chi connectivity index (χ1v) is 9.64. The third kappa shape index (κ3) is 6.24. The van der Waals surface area contributed by atoms with Crippen molar-refractivity contribution >= 4 is 17.7 Å². The van der Waals surface area contributed by atoms with Crippen LogP contribution in [-0.2, 0) is 9.59 Å². The summed E-state index contributed by atoms with van der Waals surface area (Å²) in [5, 5.41) is 2.30. The van der Waals surface area contributed by atoms with Gasteiger partial charge in [-0.25, -0.2) is 8.78 Å². The number of carbonyl (C=O) groups is 3. The quantitative estimate of drug-likeness (QED) is 0.585. The van der Waals surface area contributed by atoms with Crippen LogP contribution >= 0.6 is 0 Å². The Bertz CT molecular complexity index is 939. The van der Waals surface area contributed by atoms with Gasteiger partial charge in [0.2, 0.25) is 0 Å². The summed E-state index contributed by atoms with van der Waals surface area (Å²) in [4.78, 5) is 36.8. The van der Waals surface area contributed by atoms with E-state index in [1.54, 1.807) is 13.8 Å². The Labute approximate surface area is 179 Å². The summed E-state index contributed by atoms with van der Waals surface area (Å²) in [5.41, 5.74) is 5.33. The highest BCUT2D eigenvalue weighted by molar-refractivity contribution is 5.98. The monoisotopic (exact) mass is 433 g/mol. The SMILES string of the molecule is Cc1cccc(C)c1OCC(=O)NNC(=O)[C@H](NC(=O)c1c(F)cccc1F)C(C)C. The first-order chi connectivity index (χ1) is 14.6. The Hall–Kier alpha value is -3.49. The topological polar surface area (TPSA) is 96.5 Å². The number of benzene rings is 2. The highest BCUT2D eigenvalue weighted by Gasteiger charge is 2.27. The second kappa shape index (κ2) is 10.5. The van der Waals surface area contributed by atoms with E-state index in [2.05, 4.69) is 16.2 Å². The average molecular weight is 433 g/mol. The van der Waals surface area contributed by atoms with E-state index in [9.17, 15) is 23.2 Å². The fourth-order valence-corrected chi connectivity index (χ4v) is 2.87. The molecule has 3 N–H and O–H groups in total. The second-order valence-electron chi connectivity index (χ2n) is 7.34. The van der Waals surface area contributed by atoms with Gasteiger partial charge >= 0.3 is 0 Å². The summed E-state index contributed by atoms with van der Waals surface area (Å²) >= 11 is 0. The summed E-state index contributed by atoms with van der Waals surface area (Å²) < 4.78 is 33.1. The zero-order valence-electron chi connectivity index (χ0n) is 17.7. The van der Waals surface area contributed by atoms with Crippen molar-refractivity contribution < 1.29 is 27.9 Å². The van der Waals surface area contributed by atoms with Gasteiger partial charge in [0.25, 0.3) is 17.7 Å². The molecular weight excluding hydrogens is 408 g/mol. The first kappa shape index (κ1) is 23.8. The van der Waals surface area contributed by atoms with Gasteiger partial charge in [-0.2, -0.15) is 0 Å². The van der Waals surface area contributed by atoms with Gasteiger partial charge in [0.1, 0.15) is 29.0 Å². The molecule has 2 aromatic carbocycles. The summed E-state index contributed by atoms with van der Waals surface area (Å²) in [5.74, 6) is -4.39. The molecule has 0 saturated heterocycles. The summed E-state index contributed by atoms with van der Waals surface area (Å²) in [6.45, 7) is 6.61. The molecule has 9 heteroatoms. The van der Waals surface area contributed by atoms with E-state index in [-0.39, 0.29) is 6.61 Å². The molecule has 0 spiro atoms. The lowest BCUT2D eigenvalue weighted by atomic mass is 10.0. The van der Waals surface area contributed by atoms with Crippen molar-refractivity contribution in [1.29, 1.82) is 0 Å². The molecule has 0 fully saturated rings. The third-order valence-corrected chi connectivity index (χ3v) is 4.51. The van der Waals surface area contributed by atoms with E-state index >= 15 is 0 Å². The van der Waals surface area contributed by atoms with Crippen LogP contribution in [0.25, 0.3) is 0 Å². The van der Waals surface area contributed by atoms with E-state index in [1.165, 1.54) is 0 Å². The lowest BCUT2D eigenvalue weighted by molar-refractivity contribution is -0.131. The van der Waals surface area contributed by atoms with Crippen LogP contribution in [0.2, 0.25) is 0 Å². The van der Waals surface area contributed by atoms with Gasteiger partial charge in [-0.3, -0.25) is 25.2 Å². The molecule has 3 amide bonds. The molecule has 0 aliphatic rings. The van der Waals surface area contributed by atoms with Gasteiger partial charge in [0.05, 0.1) is 0 Å². The number of ether oxygens (including phenoxy) is 1. The number of carbonyl (C=O) groups excluding carboxylic acids is 3. The highest BCUT2D eigenvalue weighted by atomic mass is 19.1. The maximum atomic E-state index is 13.8. The number of hydrogen-bond donors (Lipinski definition) is 3. The highest BCUT2D eigenvalue weighted by Crippen LogP contribution is 2.22. The minimum Gasteiger partial charge on any atom is -0.483 e. The standard InChI is InChI=1S/C22H25F2N3O4/c1-12(2)19(25-21(29)18-15(23)9-6-10-16(18)24)22(30)27-26-17(28)11-31-20-13(3)7-5-8-14(20)4/h5-10,12,19H,11H2,1-4H3,(H,25,29)(H,26,28)(H,27,30)/t19-/m1/s1. The molecule has 0 radical (unpaired) electrons. The Balaban J connectivity index is 1.95. The Kier molecular flexibility index (Phi) is 8.07. The predicted molar refractivity (Wildman–Crippen MR) is 110 cm³/mol. The third-order valence-electron chi connectivity index (χ3n) is 4.51. The molecule has 0 aliphatic heterocycles. The number of hydrazine groups is 1. The van der Waals surface area contributed by atoms with Crippen molar-refractivity contribution in [3.05, 3.63) is 64.7 Å². The van der Waals surface area contributed by atoms with E-state index in [0.29, 0.717) is 5.75 Å². The summed E-state index contributed by atoms with van der Waals surface area (Å²) in [6.07, 6.45) is 0. The second-order valence-corrected chi connectivity index (χ2v) is 7.34. The molecule has 0 heterocycles. The Morgan fingerprint density at radius 1 is 0.935 bits per heavy atom. The largest absolute Gasteiger partial charge is 0.483 e. The molecule has 0 bridgehead atoms. The summed E-state index contributed by atoms with van der Waals surface area (Å²) in [7, 11) is 0.